The average molecular weight is 334 g/mol. The zero-order valence-corrected chi connectivity index (χ0v) is 13.7. The van der Waals surface area contributed by atoms with Crippen molar-refractivity contribution in [2.75, 3.05) is 26.3 Å². The van der Waals surface area contributed by atoms with Gasteiger partial charge in [-0.15, -0.1) is 0 Å². The lowest BCUT2D eigenvalue weighted by molar-refractivity contribution is 0.0679. The summed E-state index contributed by atoms with van der Waals surface area (Å²) in [6.07, 6.45) is 3.44. The summed E-state index contributed by atoms with van der Waals surface area (Å²) in [7, 11) is 0. The topological polar surface area (TPSA) is 58.6 Å². The fourth-order valence-corrected chi connectivity index (χ4v) is 3.35. The van der Waals surface area contributed by atoms with Crippen molar-refractivity contribution in [1.82, 2.24) is 10.2 Å². The molecule has 2 aliphatic rings. The molecule has 24 heavy (non-hydrogen) atoms. The molecule has 0 aliphatic carbocycles. The van der Waals surface area contributed by atoms with E-state index < -0.39 is 0 Å². The Kier molecular flexibility index (Phi) is 5.45. The molecular formula is C18H23FN2O3. The van der Waals surface area contributed by atoms with Crippen LogP contribution < -0.4 is 5.32 Å². The summed E-state index contributed by atoms with van der Waals surface area (Å²) in [4.78, 5) is 26.7. The van der Waals surface area contributed by atoms with Crippen LogP contribution in [0.3, 0.4) is 0 Å². The van der Waals surface area contributed by atoms with Crippen LogP contribution in [0.2, 0.25) is 0 Å². The van der Waals surface area contributed by atoms with Gasteiger partial charge in [-0.25, -0.2) is 9.18 Å². The maximum absolute atomic E-state index is 13.0. The number of hydrogen-bond acceptors (Lipinski definition) is 3. The lowest BCUT2D eigenvalue weighted by Crippen LogP contribution is -2.51. The number of benzene rings is 1. The quantitative estimate of drug-likeness (QED) is 0.865. The van der Waals surface area contributed by atoms with Crippen LogP contribution in [0.5, 0.6) is 0 Å². The number of hydrogen-bond donors (Lipinski definition) is 1. The summed E-state index contributed by atoms with van der Waals surface area (Å²) in [5, 5.41) is 3.00. The molecule has 2 aliphatic heterocycles. The highest BCUT2D eigenvalue weighted by atomic mass is 19.1. The molecule has 1 aromatic rings. The Balaban J connectivity index is 1.58. The molecule has 2 heterocycles. The van der Waals surface area contributed by atoms with Crippen molar-refractivity contribution in [3.63, 3.8) is 0 Å². The van der Waals surface area contributed by atoms with Gasteiger partial charge >= 0.3 is 6.03 Å². The Morgan fingerprint density at radius 3 is 2.67 bits per heavy atom. The molecule has 3 rings (SSSR count). The van der Waals surface area contributed by atoms with Crippen molar-refractivity contribution in [2.24, 2.45) is 5.92 Å². The minimum Gasteiger partial charge on any atom is -0.379 e. The number of likely N-dealkylation sites (tertiary alicyclic amines) is 1. The number of ketones is 1. The van der Waals surface area contributed by atoms with Crippen molar-refractivity contribution in [2.45, 2.75) is 31.7 Å². The van der Waals surface area contributed by atoms with Gasteiger partial charge in [0.25, 0.3) is 0 Å². The fraction of sp³-hybridized carbons (Fsp3) is 0.556. The molecule has 5 nitrogen and oxygen atoms in total. The number of halogens is 1. The first-order valence-electron chi connectivity index (χ1n) is 8.56. The molecule has 1 aromatic carbocycles. The lowest BCUT2D eigenvalue weighted by atomic mass is 9.90. The second kappa shape index (κ2) is 7.75. The third-order valence-electron chi connectivity index (χ3n) is 4.70. The number of Topliss-reactive ketones (excluding diaryl/α,β-unsaturated/α-hetero) is 1. The van der Waals surface area contributed by atoms with E-state index in [-0.39, 0.29) is 29.6 Å². The maximum Gasteiger partial charge on any atom is 0.317 e. The van der Waals surface area contributed by atoms with Gasteiger partial charge in [0, 0.05) is 31.2 Å². The first-order valence-corrected chi connectivity index (χ1v) is 8.56. The third-order valence-corrected chi connectivity index (χ3v) is 4.70. The smallest absolute Gasteiger partial charge is 0.317 e. The van der Waals surface area contributed by atoms with Gasteiger partial charge in [0.1, 0.15) is 5.82 Å². The number of nitrogens with zero attached hydrogens (tertiary/aromatic N) is 1. The first kappa shape index (κ1) is 16.9. The molecule has 0 radical (unpaired) electrons. The molecule has 2 atom stereocenters. The Bertz CT molecular complexity index is 584. The number of piperidine rings is 1. The highest BCUT2D eigenvalue weighted by Gasteiger charge is 2.30. The van der Waals surface area contributed by atoms with Gasteiger partial charge in [-0.1, -0.05) is 0 Å². The summed E-state index contributed by atoms with van der Waals surface area (Å²) in [6, 6.07) is 5.54. The van der Waals surface area contributed by atoms with Crippen LogP contribution in [0.1, 0.15) is 36.0 Å². The lowest BCUT2D eigenvalue weighted by Gasteiger charge is -2.34. The van der Waals surface area contributed by atoms with Gasteiger partial charge in [-0.2, -0.15) is 0 Å². The molecule has 0 saturated carbocycles. The van der Waals surface area contributed by atoms with Gasteiger partial charge in [0.2, 0.25) is 0 Å². The highest BCUT2D eigenvalue weighted by molar-refractivity contribution is 5.98. The summed E-state index contributed by atoms with van der Waals surface area (Å²) in [6.45, 7) is 2.38. The zero-order chi connectivity index (χ0) is 16.9. The Morgan fingerprint density at radius 1 is 1.17 bits per heavy atom. The van der Waals surface area contributed by atoms with Crippen molar-refractivity contribution >= 4 is 11.8 Å². The molecule has 2 amide bonds. The third kappa shape index (κ3) is 4.12. The number of carbonyl (C=O) groups excluding carboxylic acids is 2. The Labute approximate surface area is 141 Å². The van der Waals surface area contributed by atoms with Gasteiger partial charge in [0.15, 0.2) is 5.78 Å². The summed E-state index contributed by atoms with van der Waals surface area (Å²) < 4.78 is 18.4. The number of urea groups is 1. The van der Waals surface area contributed by atoms with E-state index >= 15 is 0 Å². The predicted octanol–water partition coefficient (Wildman–Crippen LogP) is 2.61. The van der Waals surface area contributed by atoms with Crippen LogP contribution in [0.25, 0.3) is 0 Å². The van der Waals surface area contributed by atoms with E-state index in [0.717, 1.165) is 32.3 Å². The van der Waals surface area contributed by atoms with Crippen LogP contribution in [0, 0.1) is 11.7 Å². The van der Waals surface area contributed by atoms with Gasteiger partial charge in [0.05, 0.1) is 12.6 Å². The van der Waals surface area contributed by atoms with E-state index in [1.165, 1.54) is 24.3 Å². The highest BCUT2D eigenvalue weighted by Crippen LogP contribution is 2.21. The summed E-state index contributed by atoms with van der Waals surface area (Å²) >= 11 is 0. The molecule has 130 valence electrons. The van der Waals surface area contributed by atoms with E-state index in [0.29, 0.717) is 25.3 Å². The Morgan fingerprint density at radius 2 is 1.96 bits per heavy atom. The summed E-state index contributed by atoms with van der Waals surface area (Å²) in [5.41, 5.74) is 0.504. The Hall–Kier alpha value is -1.95. The predicted molar refractivity (Wildman–Crippen MR) is 87.4 cm³/mol. The van der Waals surface area contributed by atoms with E-state index in [1.807, 2.05) is 0 Å². The van der Waals surface area contributed by atoms with Gasteiger partial charge in [-0.05, 0) is 49.9 Å². The van der Waals surface area contributed by atoms with E-state index in [4.69, 9.17) is 4.74 Å². The van der Waals surface area contributed by atoms with E-state index in [1.54, 1.807) is 4.90 Å². The minimum atomic E-state index is -0.356. The van der Waals surface area contributed by atoms with Crippen molar-refractivity contribution < 1.29 is 18.7 Å². The van der Waals surface area contributed by atoms with Gasteiger partial charge in [-0.3, -0.25) is 4.79 Å². The second-order valence-electron chi connectivity index (χ2n) is 6.52. The molecular weight excluding hydrogens is 311 g/mol. The molecule has 0 unspecified atom stereocenters. The SMILES string of the molecule is O=C(c1ccc(F)cc1)[C@@H]1CCCN(C(=O)N[C@H]2CCCOC2)C1. The van der Waals surface area contributed by atoms with Crippen molar-refractivity contribution in [1.29, 1.82) is 0 Å². The maximum atomic E-state index is 13.0. The van der Waals surface area contributed by atoms with Crippen molar-refractivity contribution in [3.8, 4) is 0 Å². The minimum absolute atomic E-state index is 0.0199. The van der Waals surface area contributed by atoms with Crippen LogP contribution in [-0.4, -0.2) is 49.1 Å². The molecule has 0 bridgehead atoms. The normalized spacial score (nSPS) is 24.5. The van der Waals surface area contributed by atoms with Crippen LogP contribution in [0.15, 0.2) is 24.3 Å². The summed E-state index contributed by atoms with van der Waals surface area (Å²) in [5.74, 6) is -0.600. The second-order valence-corrected chi connectivity index (χ2v) is 6.52. The van der Waals surface area contributed by atoms with Crippen LogP contribution in [0.4, 0.5) is 9.18 Å². The number of nitrogens with one attached hydrogen (secondary N) is 1. The van der Waals surface area contributed by atoms with Crippen LogP contribution in [-0.2, 0) is 4.74 Å². The number of carbonyl (C=O) groups is 2. The van der Waals surface area contributed by atoms with Crippen LogP contribution >= 0.6 is 0 Å². The van der Waals surface area contributed by atoms with Crippen molar-refractivity contribution in [3.05, 3.63) is 35.6 Å². The number of amides is 2. The monoisotopic (exact) mass is 334 g/mol. The first-order chi connectivity index (χ1) is 11.6. The standard InChI is InChI=1S/C18H23FN2O3/c19-15-7-5-13(6-8-15)17(22)14-3-1-9-21(11-14)18(23)20-16-4-2-10-24-12-16/h5-8,14,16H,1-4,9-12H2,(H,20,23)/t14-,16+/m1/s1. The van der Waals surface area contributed by atoms with Gasteiger partial charge < -0.3 is 15.0 Å². The molecule has 0 aromatic heterocycles. The molecule has 2 saturated heterocycles. The number of ether oxygens (including phenoxy) is 1. The molecule has 1 N–H and O–H groups in total. The molecule has 6 heteroatoms. The van der Waals surface area contributed by atoms with E-state index in [2.05, 4.69) is 5.32 Å². The van der Waals surface area contributed by atoms with E-state index in [9.17, 15) is 14.0 Å². The number of rotatable bonds is 3. The molecule has 2 fully saturated rings. The molecule has 0 spiro atoms. The fourth-order valence-electron chi connectivity index (χ4n) is 3.35. The zero-order valence-electron chi connectivity index (χ0n) is 13.7. The largest absolute Gasteiger partial charge is 0.379 e. The average Bonchev–Trinajstić information content (AvgIpc) is 2.63.